The van der Waals surface area contributed by atoms with Crippen molar-refractivity contribution < 1.29 is 27.5 Å². The molecule has 2 aromatic rings. The van der Waals surface area contributed by atoms with Crippen molar-refractivity contribution in [3.8, 4) is 17.0 Å². The lowest BCUT2D eigenvalue weighted by Gasteiger charge is -2.14. The van der Waals surface area contributed by atoms with Gasteiger partial charge in [-0.15, -0.1) is 0 Å². The van der Waals surface area contributed by atoms with Crippen LogP contribution >= 0.6 is 11.6 Å². The molecule has 0 aliphatic heterocycles. The molecule has 160 valence electrons. The highest BCUT2D eigenvalue weighted by molar-refractivity contribution is 6.30. The third kappa shape index (κ3) is 6.09. The van der Waals surface area contributed by atoms with Gasteiger partial charge in [-0.1, -0.05) is 28.9 Å². The van der Waals surface area contributed by atoms with E-state index < -0.39 is 18.7 Å². The Hall–Kier alpha value is -2.81. The number of halogens is 4. The Balaban J connectivity index is 1.82. The van der Waals surface area contributed by atoms with Crippen LogP contribution in [0.25, 0.3) is 11.1 Å². The van der Waals surface area contributed by atoms with Crippen LogP contribution < -0.4 is 10.1 Å². The lowest BCUT2D eigenvalue weighted by Crippen LogP contribution is -2.30. The lowest BCUT2D eigenvalue weighted by molar-refractivity contribution is -0.154. The molecular weight excluding hydrogens is 423 g/mol. The predicted octanol–water partition coefficient (Wildman–Crippen LogP) is 4.49. The summed E-state index contributed by atoms with van der Waals surface area (Å²) in [6, 6.07) is 7.82. The van der Waals surface area contributed by atoms with E-state index >= 15 is 0 Å². The highest BCUT2D eigenvalue weighted by atomic mass is 35.5. The molecule has 3 rings (SSSR count). The molecule has 1 amide bonds. The fourth-order valence-corrected chi connectivity index (χ4v) is 2.86. The number of rotatable bonds is 8. The Labute approximate surface area is 176 Å². The molecule has 0 atom stereocenters. The maximum absolute atomic E-state index is 12.6. The molecule has 1 heterocycles. The molecule has 1 aliphatic rings. The number of nitrogens with zero attached hydrogens (tertiary/aromatic N) is 2. The van der Waals surface area contributed by atoms with Crippen molar-refractivity contribution in [2.24, 2.45) is 11.1 Å². The summed E-state index contributed by atoms with van der Waals surface area (Å²) < 4.78 is 42.6. The van der Waals surface area contributed by atoms with Crippen molar-refractivity contribution in [3.05, 3.63) is 47.1 Å². The molecule has 10 heteroatoms. The van der Waals surface area contributed by atoms with Gasteiger partial charge in [-0.05, 0) is 36.6 Å². The summed E-state index contributed by atoms with van der Waals surface area (Å²) in [4.78, 5) is 21.3. The van der Waals surface area contributed by atoms with Gasteiger partial charge in [0, 0.05) is 22.7 Å². The summed E-state index contributed by atoms with van der Waals surface area (Å²) in [6.07, 6.45) is -1.36. The van der Waals surface area contributed by atoms with E-state index in [2.05, 4.69) is 15.5 Å². The van der Waals surface area contributed by atoms with Gasteiger partial charge in [0.15, 0.2) is 6.61 Å². The normalized spacial score (nSPS) is 14.4. The molecule has 0 saturated heterocycles. The van der Waals surface area contributed by atoms with Crippen LogP contribution in [-0.2, 0) is 4.84 Å². The topological polar surface area (TPSA) is 72.8 Å². The molecule has 1 fully saturated rings. The Kier molecular flexibility index (Phi) is 6.81. The average Bonchev–Trinajstić information content (AvgIpc) is 3.54. The summed E-state index contributed by atoms with van der Waals surface area (Å²) in [5.41, 5.74) is 1.67. The molecule has 0 radical (unpaired) electrons. The number of nitrogens with one attached hydrogen (secondary N) is 1. The van der Waals surface area contributed by atoms with Crippen LogP contribution in [0.3, 0.4) is 0 Å². The summed E-state index contributed by atoms with van der Waals surface area (Å²) in [6.45, 7) is -1.29. The van der Waals surface area contributed by atoms with Gasteiger partial charge < -0.3 is 14.9 Å². The van der Waals surface area contributed by atoms with Crippen molar-refractivity contribution in [3.63, 3.8) is 0 Å². The van der Waals surface area contributed by atoms with Gasteiger partial charge in [-0.2, -0.15) is 13.2 Å². The number of amides is 1. The van der Waals surface area contributed by atoms with Crippen molar-refractivity contribution >= 4 is 23.2 Å². The molecule has 30 heavy (non-hydrogen) atoms. The molecule has 1 N–H and O–H groups in total. The molecule has 6 nitrogen and oxygen atoms in total. The van der Waals surface area contributed by atoms with E-state index in [9.17, 15) is 18.0 Å². The SMILES string of the molecule is CO/N=C(/CNC(=O)c1cnc(OCC(F)(F)F)c(-c2ccc(Cl)cc2)c1)C1CC1. The number of hydrogen-bond donors (Lipinski definition) is 1. The summed E-state index contributed by atoms with van der Waals surface area (Å²) in [7, 11) is 1.44. The number of aromatic nitrogens is 1. The van der Waals surface area contributed by atoms with Gasteiger partial charge in [-0.25, -0.2) is 4.98 Å². The fourth-order valence-electron chi connectivity index (χ4n) is 2.74. The number of oxime groups is 1. The molecular formula is C20H19ClF3N3O3. The Morgan fingerprint density at radius 2 is 2.00 bits per heavy atom. The van der Waals surface area contributed by atoms with Crippen molar-refractivity contribution in [1.82, 2.24) is 10.3 Å². The van der Waals surface area contributed by atoms with E-state index in [1.165, 1.54) is 19.4 Å². The number of benzene rings is 1. The zero-order chi connectivity index (χ0) is 21.7. The van der Waals surface area contributed by atoms with E-state index in [0.717, 1.165) is 18.6 Å². The second-order valence-electron chi connectivity index (χ2n) is 6.71. The molecule has 0 spiro atoms. The van der Waals surface area contributed by atoms with Gasteiger partial charge in [0.05, 0.1) is 17.8 Å². The second kappa shape index (κ2) is 9.34. The lowest BCUT2D eigenvalue weighted by atomic mass is 10.0. The maximum atomic E-state index is 12.6. The highest BCUT2D eigenvalue weighted by Crippen LogP contribution is 2.32. The smallest absolute Gasteiger partial charge is 0.422 e. The summed E-state index contributed by atoms with van der Waals surface area (Å²) in [5.74, 6) is -0.374. The van der Waals surface area contributed by atoms with Crippen molar-refractivity contribution in [1.29, 1.82) is 0 Å². The molecule has 1 aromatic carbocycles. The molecule has 1 saturated carbocycles. The largest absolute Gasteiger partial charge is 0.468 e. The Morgan fingerprint density at radius 3 is 2.60 bits per heavy atom. The predicted molar refractivity (Wildman–Crippen MR) is 106 cm³/mol. The third-order valence-corrected chi connectivity index (χ3v) is 4.58. The molecule has 1 aromatic heterocycles. The van der Waals surface area contributed by atoms with Crippen molar-refractivity contribution in [2.75, 3.05) is 20.3 Å². The van der Waals surface area contributed by atoms with Gasteiger partial charge >= 0.3 is 6.18 Å². The van der Waals surface area contributed by atoms with Crippen molar-refractivity contribution in [2.45, 2.75) is 19.0 Å². The van der Waals surface area contributed by atoms with E-state index in [4.69, 9.17) is 21.2 Å². The zero-order valence-corrected chi connectivity index (χ0v) is 16.8. The minimum absolute atomic E-state index is 0.173. The van der Waals surface area contributed by atoms with Crippen LogP contribution in [0.5, 0.6) is 5.88 Å². The number of hydrogen-bond acceptors (Lipinski definition) is 5. The number of alkyl halides is 3. The van der Waals surface area contributed by atoms with E-state index in [0.29, 0.717) is 16.5 Å². The van der Waals surface area contributed by atoms with E-state index in [1.807, 2.05) is 0 Å². The minimum atomic E-state index is -4.52. The van der Waals surface area contributed by atoms with Crippen LogP contribution in [0.15, 0.2) is 41.7 Å². The number of carbonyl (C=O) groups excluding carboxylic acids is 1. The number of pyridine rings is 1. The van der Waals surface area contributed by atoms with Gasteiger partial charge in [0.25, 0.3) is 5.91 Å². The monoisotopic (exact) mass is 441 g/mol. The molecule has 0 bridgehead atoms. The first-order valence-corrected chi connectivity index (χ1v) is 9.48. The van der Waals surface area contributed by atoms with E-state index in [1.54, 1.807) is 24.3 Å². The summed E-state index contributed by atoms with van der Waals surface area (Å²) in [5, 5.41) is 7.13. The molecule has 0 unspecified atom stereocenters. The van der Waals surface area contributed by atoms with Gasteiger partial charge in [0.1, 0.15) is 7.11 Å². The first-order chi connectivity index (χ1) is 14.3. The highest BCUT2D eigenvalue weighted by Gasteiger charge is 2.30. The van der Waals surface area contributed by atoms with Crippen LogP contribution in [0.4, 0.5) is 13.2 Å². The average molecular weight is 442 g/mol. The van der Waals surface area contributed by atoms with Crippen LogP contribution in [0, 0.1) is 5.92 Å². The minimum Gasteiger partial charge on any atom is -0.468 e. The second-order valence-corrected chi connectivity index (χ2v) is 7.15. The van der Waals surface area contributed by atoms with Crippen LogP contribution in [-0.4, -0.2) is 43.0 Å². The summed E-state index contributed by atoms with van der Waals surface area (Å²) >= 11 is 5.89. The third-order valence-electron chi connectivity index (χ3n) is 4.33. The first kappa shape index (κ1) is 21.9. The maximum Gasteiger partial charge on any atom is 0.422 e. The standard InChI is InChI=1S/C20H19ClF3N3O3/c1-29-27-17(13-2-3-13)10-25-18(28)14-8-16(12-4-6-15(21)7-5-12)19(26-9-14)30-11-20(22,23)24/h4-9,13H,2-3,10-11H2,1H3,(H,25,28)/b27-17-. The Morgan fingerprint density at radius 1 is 1.30 bits per heavy atom. The first-order valence-electron chi connectivity index (χ1n) is 9.10. The fraction of sp³-hybridized carbons (Fsp3) is 0.350. The quantitative estimate of drug-likeness (QED) is 0.484. The number of carbonyl (C=O) groups is 1. The van der Waals surface area contributed by atoms with Gasteiger partial charge in [0.2, 0.25) is 5.88 Å². The Bertz CT molecular complexity index is 929. The zero-order valence-electron chi connectivity index (χ0n) is 16.0. The van der Waals surface area contributed by atoms with Crippen LogP contribution in [0.1, 0.15) is 23.2 Å². The number of ether oxygens (including phenoxy) is 1. The van der Waals surface area contributed by atoms with Crippen LogP contribution in [0.2, 0.25) is 5.02 Å². The molecule has 1 aliphatic carbocycles. The van der Waals surface area contributed by atoms with Gasteiger partial charge in [-0.3, -0.25) is 4.79 Å². The van der Waals surface area contributed by atoms with E-state index in [-0.39, 0.29) is 23.6 Å².